The van der Waals surface area contributed by atoms with E-state index in [1.807, 2.05) is 49.5 Å². The molecule has 0 atom stereocenters. The maximum atomic E-state index is 5.98. The van der Waals surface area contributed by atoms with Gasteiger partial charge in [0.25, 0.3) is 0 Å². The Balaban J connectivity index is 2.18. The van der Waals surface area contributed by atoms with Crippen LogP contribution in [0.2, 0.25) is 0 Å². The Kier molecular flexibility index (Phi) is 2.80. The Morgan fingerprint density at radius 2 is 1.74 bits per heavy atom. The fourth-order valence-corrected chi connectivity index (χ4v) is 2.27. The molecule has 3 nitrogen and oxygen atoms in total. The lowest BCUT2D eigenvalue weighted by Crippen LogP contribution is -2.10. The van der Waals surface area contributed by atoms with E-state index in [1.165, 1.54) is 0 Å². The normalized spacial score (nSPS) is 10.6. The summed E-state index contributed by atoms with van der Waals surface area (Å²) >= 11 is 0. The standard InChI is InChI=1S/C16H15N3/c1-19(12-6-3-2-4-7-12)15-10-11-18-16-13(15)8-5-9-14(16)17/h2-11H,17H2,1H3. The number of hydrogen-bond acceptors (Lipinski definition) is 3. The highest BCUT2D eigenvalue weighted by Gasteiger charge is 2.09. The fraction of sp³-hybridized carbons (Fsp3) is 0.0625. The van der Waals surface area contributed by atoms with Gasteiger partial charge in [0.1, 0.15) is 0 Å². The summed E-state index contributed by atoms with van der Waals surface area (Å²) in [5.74, 6) is 0. The average Bonchev–Trinajstić information content (AvgIpc) is 2.47. The van der Waals surface area contributed by atoms with Crippen LogP contribution in [0.1, 0.15) is 0 Å². The zero-order chi connectivity index (χ0) is 13.2. The number of para-hydroxylation sites is 2. The first-order valence-corrected chi connectivity index (χ1v) is 6.19. The summed E-state index contributed by atoms with van der Waals surface area (Å²) < 4.78 is 0. The van der Waals surface area contributed by atoms with Crippen molar-refractivity contribution in [2.24, 2.45) is 0 Å². The first kappa shape index (κ1) is 11.5. The number of benzene rings is 2. The average molecular weight is 249 g/mol. The minimum absolute atomic E-state index is 0.709. The van der Waals surface area contributed by atoms with Crippen LogP contribution in [0.25, 0.3) is 10.9 Å². The molecule has 3 heteroatoms. The van der Waals surface area contributed by atoms with Gasteiger partial charge < -0.3 is 10.6 Å². The smallest absolute Gasteiger partial charge is 0.0952 e. The molecule has 2 aromatic carbocycles. The molecule has 1 aromatic heterocycles. The van der Waals surface area contributed by atoms with Crippen LogP contribution in [0.3, 0.4) is 0 Å². The molecule has 0 aliphatic carbocycles. The van der Waals surface area contributed by atoms with E-state index in [9.17, 15) is 0 Å². The van der Waals surface area contributed by atoms with Gasteiger partial charge in [-0.05, 0) is 24.3 Å². The predicted molar refractivity (Wildman–Crippen MR) is 80.7 cm³/mol. The summed E-state index contributed by atoms with van der Waals surface area (Å²) in [4.78, 5) is 6.51. The first-order chi connectivity index (χ1) is 9.27. The lowest BCUT2D eigenvalue weighted by molar-refractivity contribution is 1.21. The van der Waals surface area contributed by atoms with Crippen molar-refractivity contribution in [2.75, 3.05) is 17.7 Å². The molecule has 0 amide bonds. The van der Waals surface area contributed by atoms with E-state index in [0.29, 0.717) is 5.69 Å². The minimum Gasteiger partial charge on any atom is -0.397 e. The van der Waals surface area contributed by atoms with Crippen molar-refractivity contribution in [3.05, 3.63) is 60.8 Å². The maximum absolute atomic E-state index is 5.98. The van der Waals surface area contributed by atoms with E-state index >= 15 is 0 Å². The van der Waals surface area contributed by atoms with Gasteiger partial charge in [-0.15, -0.1) is 0 Å². The number of nitrogens with zero attached hydrogens (tertiary/aromatic N) is 2. The van der Waals surface area contributed by atoms with Gasteiger partial charge in [-0.2, -0.15) is 0 Å². The third kappa shape index (κ3) is 1.99. The summed E-state index contributed by atoms with van der Waals surface area (Å²) in [6, 6.07) is 18.1. The Bertz CT molecular complexity index is 708. The molecular weight excluding hydrogens is 234 g/mol. The van der Waals surface area contributed by atoms with Gasteiger partial charge in [0.15, 0.2) is 0 Å². The lowest BCUT2D eigenvalue weighted by atomic mass is 10.1. The molecule has 0 aliphatic rings. The lowest BCUT2D eigenvalue weighted by Gasteiger charge is -2.21. The SMILES string of the molecule is CN(c1ccccc1)c1ccnc2c(N)cccc12. The van der Waals surface area contributed by atoms with Gasteiger partial charge in [-0.1, -0.05) is 30.3 Å². The number of pyridine rings is 1. The summed E-state index contributed by atoms with van der Waals surface area (Å²) in [5, 5.41) is 1.06. The monoisotopic (exact) mass is 249 g/mol. The highest BCUT2D eigenvalue weighted by Crippen LogP contribution is 2.31. The molecule has 2 N–H and O–H groups in total. The Labute approximate surface area is 112 Å². The third-order valence-corrected chi connectivity index (χ3v) is 3.28. The number of anilines is 3. The summed E-state index contributed by atoms with van der Waals surface area (Å²) in [6.07, 6.45) is 1.80. The number of aromatic nitrogens is 1. The Hall–Kier alpha value is -2.55. The Morgan fingerprint density at radius 1 is 0.947 bits per heavy atom. The number of fused-ring (bicyclic) bond motifs is 1. The number of nitrogens with two attached hydrogens (primary N) is 1. The van der Waals surface area contributed by atoms with Crippen LogP contribution < -0.4 is 10.6 Å². The van der Waals surface area contributed by atoms with Crippen molar-refractivity contribution < 1.29 is 0 Å². The molecule has 0 aliphatic heterocycles. The highest BCUT2D eigenvalue weighted by atomic mass is 15.1. The van der Waals surface area contributed by atoms with Crippen LogP contribution in [0.5, 0.6) is 0 Å². The Morgan fingerprint density at radius 3 is 2.53 bits per heavy atom. The van der Waals surface area contributed by atoms with Crippen molar-refractivity contribution in [3.8, 4) is 0 Å². The largest absolute Gasteiger partial charge is 0.397 e. The molecule has 0 unspecified atom stereocenters. The van der Waals surface area contributed by atoms with E-state index in [4.69, 9.17) is 5.73 Å². The van der Waals surface area contributed by atoms with Crippen molar-refractivity contribution in [1.29, 1.82) is 0 Å². The zero-order valence-corrected chi connectivity index (χ0v) is 10.7. The second kappa shape index (κ2) is 4.61. The van der Waals surface area contributed by atoms with Gasteiger partial charge in [-0.25, -0.2) is 0 Å². The van der Waals surface area contributed by atoms with E-state index in [0.717, 1.165) is 22.3 Å². The van der Waals surface area contributed by atoms with Crippen LogP contribution >= 0.6 is 0 Å². The summed E-state index contributed by atoms with van der Waals surface area (Å²) in [7, 11) is 2.05. The number of rotatable bonds is 2. The molecule has 0 fully saturated rings. The van der Waals surface area contributed by atoms with Crippen molar-refractivity contribution in [2.45, 2.75) is 0 Å². The topological polar surface area (TPSA) is 42.2 Å². The molecule has 0 saturated carbocycles. The van der Waals surface area contributed by atoms with Crippen LogP contribution in [-0.4, -0.2) is 12.0 Å². The van der Waals surface area contributed by atoms with E-state index in [2.05, 4.69) is 22.0 Å². The van der Waals surface area contributed by atoms with Crippen molar-refractivity contribution in [1.82, 2.24) is 4.98 Å². The second-order valence-electron chi connectivity index (χ2n) is 4.47. The van der Waals surface area contributed by atoms with Crippen LogP contribution in [0.15, 0.2) is 60.8 Å². The number of nitrogen functional groups attached to an aromatic ring is 1. The van der Waals surface area contributed by atoms with E-state index in [-0.39, 0.29) is 0 Å². The molecule has 3 aromatic rings. The van der Waals surface area contributed by atoms with Crippen molar-refractivity contribution >= 4 is 28.0 Å². The second-order valence-corrected chi connectivity index (χ2v) is 4.47. The molecule has 0 bridgehead atoms. The summed E-state index contributed by atoms with van der Waals surface area (Å²) in [6.45, 7) is 0. The van der Waals surface area contributed by atoms with Gasteiger partial charge in [-0.3, -0.25) is 4.98 Å². The fourth-order valence-electron chi connectivity index (χ4n) is 2.27. The molecule has 0 spiro atoms. The van der Waals surface area contributed by atoms with Gasteiger partial charge >= 0.3 is 0 Å². The highest BCUT2D eigenvalue weighted by molar-refractivity contribution is 5.99. The third-order valence-electron chi connectivity index (χ3n) is 3.28. The predicted octanol–water partition coefficient (Wildman–Crippen LogP) is 3.58. The molecule has 0 radical (unpaired) electrons. The van der Waals surface area contributed by atoms with Gasteiger partial charge in [0.2, 0.25) is 0 Å². The zero-order valence-electron chi connectivity index (χ0n) is 10.7. The van der Waals surface area contributed by atoms with Crippen LogP contribution in [0, 0.1) is 0 Å². The maximum Gasteiger partial charge on any atom is 0.0952 e. The van der Waals surface area contributed by atoms with Crippen LogP contribution in [-0.2, 0) is 0 Å². The van der Waals surface area contributed by atoms with Gasteiger partial charge in [0.05, 0.1) is 16.9 Å². The van der Waals surface area contributed by atoms with Crippen molar-refractivity contribution in [3.63, 3.8) is 0 Å². The molecule has 0 saturated heterocycles. The molecule has 19 heavy (non-hydrogen) atoms. The number of hydrogen-bond donors (Lipinski definition) is 1. The molecule has 1 heterocycles. The van der Waals surface area contributed by atoms with Gasteiger partial charge in [0, 0.05) is 24.3 Å². The van der Waals surface area contributed by atoms with Crippen LogP contribution in [0.4, 0.5) is 17.1 Å². The van der Waals surface area contributed by atoms with E-state index in [1.54, 1.807) is 6.20 Å². The molecular formula is C16H15N3. The van der Waals surface area contributed by atoms with E-state index < -0.39 is 0 Å². The quantitative estimate of drug-likeness (QED) is 0.706. The minimum atomic E-state index is 0.709. The summed E-state index contributed by atoms with van der Waals surface area (Å²) in [5.41, 5.74) is 9.78. The molecule has 3 rings (SSSR count). The molecule has 94 valence electrons. The first-order valence-electron chi connectivity index (χ1n) is 6.19.